The van der Waals surface area contributed by atoms with Gasteiger partial charge in [0, 0.05) is 32.0 Å². The summed E-state index contributed by atoms with van der Waals surface area (Å²) in [5.41, 5.74) is 3.92. The highest BCUT2D eigenvalue weighted by molar-refractivity contribution is 5.24. The molecule has 102 valence electrons. The van der Waals surface area contributed by atoms with E-state index in [1.807, 2.05) is 0 Å². The third kappa shape index (κ3) is 3.56. The van der Waals surface area contributed by atoms with E-state index >= 15 is 0 Å². The maximum atomic E-state index is 5.09. The molecule has 1 aliphatic rings. The van der Waals surface area contributed by atoms with Crippen LogP contribution in [0.4, 0.5) is 0 Å². The van der Waals surface area contributed by atoms with Crippen LogP contribution in [0.15, 0.2) is 0 Å². The van der Waals surface area contributed by atoms with Gasteiger partial charge in [-0.05, 0) is 51.6 Å². The van der Waals surface area contributed by atoms with Crippen molar-refractivity contribution in [1.82, 2.24) is 15.1 Å². The zero-order chi connectivity index (χ0) is 13.0. The Hall–Kier alpha value is -0.870. The molecule has 4 nitrogen and oxygen atoms in total. The van der Waals surface area contributed by atoms with Gasteiger partial charge in [-0.25, -0.2) is 0 Å². The Labute approximate surface area is 110 Å². The fourth-order valence-corrected chi connectivity index (χ4v) is 2.36. The molecule has 18 heavy (non-hydrogen) atoms. The second kappa shape index (κ2) is 6.34. The molecular formula is C14H25N3O. The van der Waals surface area contributed by atoms with Gasteiger partial charge >= 0.3 is 0 Å². The van der Waals surface area contributed by atoms with Crippen LogP contribution in [-0.4, -0.2) is 36.1 Å². The number of nitrogens with zero attached hydrogens (tertiary/aromatic N) is 2. The van der Waals surface area contributed by atoms with Crippen LogP contribution in [0.5, 0.6) is 0 Å². The Bertz CT molecular complexity index is 383. The average Bonchev–Trinajstić information content (AvgIpc) is 3.12. The SMILES string of the molecule is COCCCn1nc(C)c(CCNC2CC2)c1C. The Kier molecular flexibility index (Phi) is 4.78. The van der Waals surface area contributed by atoms with Gasteiger partial charge in [0.15, 0.2) is 0 Å². The Morgan fingerprint density at radius 1 is 1.39 bits per heavy atom. The van der Waals surface area contributed by atoms with E-state index in [-0.39, 0.29) is 0 Å². The Morgan fingerprint density at radius 2 is 2.17 bits per heavy atom. The van der Waals surface area contributed by atoms with Gasteiger partial charge in [0.1, 0.15) is 0 Å². The molecule has 4 heteroatoms. The highest BCUT2D eigenvalue weighted by atomic mass is 16.5. The minimum atomic E-state index is 0.794. The molecule has 1 N–H and O–H groups in total. The molecule has 2 rings (SSSR count). The van der Waals surface area contributed by atoms with E-state index in [2.05, 4.69) is 28.9 Å². The van der Waals surface area contributed by atoms with E-state index in [0.29, 0.717) is 0 Å². The fourth-order valence-electron chi connectivity index (χ4n) is 2.36. The van der Waals surface area contributed by atoms with E-state index in [1.54, 1.807) is 7.11 Å². The number of rotatable bonds is 8. The predicted molar refractivity (Wildman–Crippen MR) is 72.9 cm³/mol. The van der Waals surface area contributed by atoms with Gasteiger partial charge in [-0.2, -0.15) is 5.10 Å². The molecule has 1 saturated carbocycles. The number of aryl methyl sites for hydroxylation is 2. The smallest absolute Gasteiger partial charge is 0.0628 e. The molecular weight excluding hydrogens is 226 g/mol. The molecule has 1 fully saturated rings. The number of aromatic nitrogens is 2. The summed E-state index contributed by atoms with van der Waals surface area (Å²) in [5.74, 6) is 0. The summed E-state index contributed by atoms with van der Waals surface area (Å²) >= 11 is 0. The first-order valence-electron chi connectivity index (χ1n) is 6.97. The molecule has 1 heterocycles. The monoisotopic (exact) mass is 251 g/mol. The van der Waals surface area contributed by atoms with Crippen molar-refractivity contribution in [2.45, 2.75) is 52.1 Å². The van der Waals surface area contributed by atoms with E-state index in [9.17, 15) is 0 Å². The highest BCUT2D eigenvalue weighted by Crippen LogP contribution is 2.19. The first-order valence-corrected chi connectivity index (χ1v) is 6.97. The molecule has 1 aromatic heterocycles. The lowest BCUT2D eigenvalue weighted by Crippen LogP contribution is -2.19. The summed E-state index contributed by atoms with van der Waals surface area (Å²) in [6.07, 6.45) is 4.83. The second-order valence-corrected chi connectivity index (χ2v) is 5.20. The minimum Gasteiger partial charge on any atom is -0.385 e. The first kappa shape index (κ1) is 13.6. The lowest BCUT2D eigenvalue weighted by atomic mass is 10.1. The minimum absolute atomic E-state index is 0.794. The van der Waals surface area contributed by atoms with Crippen LogP contribution in [0.3, 0.4) is 0 Å². The van der Waals surface area contributed by atoms with Crippen molar-refractivity contribution >= 4 is 0 Å². The lowest BCUT2D eigenvalue weighted by molar-refractivity contribution is 0.188. The van der Waals surface area contributed by atoms with Gasteiger partial charge in [0.2, 0.25) is 0 Å². The van der Waals surface area contributed by atoms with Crippen molar-refractivity contribution < 1.29 is 4.74 Å². The number of hydrogen-bond donors (Lipinski definition) is 1. The van der Waals surface area contributed by atoms with Gasteiger partial charge in [0.05, 0.1) is 5.69 Å². The van der Waals surface area contributed by atoms with Crippen LogP contribution < -0.4 is 5.32 Å². The third-order valence-electron chi connectivity index (χ3n) is 3.64. The van der Waals surface area contributed by atoms with E-state index in [1.165, 1.54) is 29.8 Å². The van der Waals surface area contributed by atoms with Crippen LogP contribution >= 0.6 is 0 Å². The van der Waals surface area contributed by atoms with E-state index in [4.69, 9.17) is 4.74 Å². The van der Waals surface area contributed by atoms with Gasteiger partial charge < -0.3 is 10.1 Å². The standard InChI is InChI=1S/C14H25N3O/c1-11-14(7-8-15-13-5-6-13)12(2)17(16-11)9-4-10-18-3/h13,15H,4-10H2,1-3H3. The van der Waals surface area contributed by atoms with Gasteiger partial charge in [0.25, 0.3) is 0 Å². The summed E-state index contributed by atoms with van der Waals surface area (Å²) < 4.78 is 7.21. The van der Waals surface area contributed by atoms with Crippen LogP contribution in [-0.2, 0) is 17.7 Å². The average molecular weight is 251 g/mol. The summed E-state index contributed by atoms with van der Waals surface area (Å²) in [7, 11) is 1.75. The van der Waals surface area contributed by atoms with Crippen molar-refractivity contribution in [3.63, 3.8) is 0 Å². The number of methoxy groups -OCH3 is 1. The van der Waals surface area contributed by atoms with Gasteiger partial charge in [-0.1, -0.05) is 0 Å². The number of nitrogens with one attached hydrogen (secondary N) is 1. The lowest BCUT2D eigenvalue weighted by Gasteiger charge is -2.06. The quantitative estimate of drug-likeness (QED) is 0.716. The zero-order valence-electron chi connectivity index (χ0n) is 11.8. The molecule has 0 aliphatic heterocycles. The molecule has 0 atom stereocenters. The Balaban J connectivity index is 1.87. The number of hydrogen-bond acceptors (Lipinski definition) is 3. The molecule has 1 aliphatic carbocycles. The predicted octanol–water partition coefficient (Wildman–Crippen LogP) is 1.83. The second-order valence-electron chi connectivity index (χ2n) is 5.20. The van der Waals surface area contributed by atoms with Crippen LogP contribution in [0.2, 0.25) is 0 Å². The van der Waals surface area contributed by atoms with Crippen LogP contribution in [0.1, 0.15) is 36.2 Å². The van der Waals surface area contributed by atoms with Gasteiger partial charge in [-0.3, -0.25) is 4.68 Å². The maximum Gasteiger partial charge on any atom is 0.0628 e. The molecule has 0 aromatic carbocycles. The molecule has 0 saturated heterocycles. The molecule has 1 aromatic rings. The third-order valence-corrected chi connectivity index (χ3v) is 3.64. The molecule has 0 bridgehead atoms. The van der Waals surface area contributed by atoms with E-state index < -0.39 is 0 Å². The summed E-state index contributed by atoms with van der Waals surface area (Å²) in [4.78, 5) is 0. The van der Waals surface area contributed by atoms with Gasteiger partial charge in [-0.15, -0.1) is 0 Å². The van der Waals surface area contributed by atoms with Crippen molar-refractivity contribution in [1.29, 1.82) is 0 Å². The highest BCUT2D eigenvalue weighted by Gasteiger charge is 2.20. The van der Waals surface area contributed by atoms with Crippen molar-refractivity contribution in [2.75, 3.05) is 20.3 Å². The molecule has 0 unspecified atom stereocenters. The molecule has 0 spiro atoms. The van der Waals surface area contributed by atoms with Crippen molar-refractivity contribution in [3.05, 3.63) is 17.0 Å². The Morgan fingerprint density at radius 3 is 2.83 bits per heavy atom. The summed E-state index contributed by atoms with van der Waals surface area (Å²) in [6, 6.07) is 0.794. The molecule has 0 radical (unpaired) electrons. The normalized spacial score (nSPS) is 15.3. The fraction of sp³-hybridized carbons (Fsp3) is 0.786. The van der Waals surface area contributed by atoms with Crippen molar-refractivity contribution in [2.24, 2.45) is 0 Å². The zero-order valence-corrected chi connectivity index (χ0v) is 11.8. The number of ether oxygens (including phenoxy) is 1. The largest absolute Gasteiger partial charge is 0.385 e. The van der Waals surface area contributed by atoms with Crippen LogP contribution in [0.25, 0.3) is 0 Å². The van der Waals surface area contributed by atoms with Crippen LogP contribution in [0, 0.1) is 13.8 Å². The first-order chi connectivity index (χ1) is 8.72. The van der Waals surface area contributed by atoms with E-state index in [0.717, 1.165) is 38.6 Å². The van der Waals surface area contributed by atoms with Crippen molar-refractivity contribution in [3.8, 4) is 0 Å². The summed E-state index contributed by atoms with van der Waals surface area (Å²) in [6.45, 7) is 7.13. The maximum absolute atomic E-state index is 5.09. The summed E-state index contributed by atoms with van der Waals surface area (Å²) in [5, 5.41) is 8.19. The topological polar surface area (TPSA) is 39.1 Å². The molecule has 0 amide bonds.